The first-order valence-electron chi connectivity index (χ1n) is 8.85. The first-order valence-corrected chi connectivity index (χ1v) is 9.73. The van der Waals surface area contributed by atoms with Crippen molar-refractivity contribution in [2.45, 2.75) is 0 Å². The Bertz CT molecular complexity index is 997. The van der Waals surface area contributed by atoms with E-state index in [1.807, 2.05) is 29.6 Å². The van der Waals surface area contributed by atoms with Gasteiger partial charge in [-0.15, -0.1) is 11.3 Å². The summed E-state index contributed by atoms with van der Waals surface area (Å²) in [6.07, 6.45) is 3.23. The maximum absolute atomic E-state index is 13.0. The number of methoxy groups -OCH3 is 4. The molecule has 0 amide bonds. The molecule has 1 aromatic heterocycles. The predicted octanol–water partition coefficient (Wildman–Crippen LogP) is 5.35. The summed E-state index contributed by atoms with van der Waals surface area (Å²) in [7, 11) is 6.15. The van der Waals surface area contributed by atoms with Crippen LogP contribution in [-0.4, -0.2) is 34.2 Å². The number of thiophene rings is 1. The second kappa shape index (κ2) is 9.30. The van der Waals surface area contributed by atoms with Crippen LogP contribution in [-0.2, 0) is 0 Å². The van der Waals surface area contributed by atoms with Gasteiger partial charge in [-0.3, -0.25) is 4.79 Å². The van der Waals surface area contributed by atoms with Gasteiger partial charge in [0.05, 0.1) is 28.4 Å². The molecule has 0 radical (unpaired) electrons. The number of hydrogen-bond donors (Lipinski definition) is 0. The van der Waals surface area contributed by atoms with E-state index in [4.69, 9.17) is 18.9 Å². The van der Waals surface area contributed by atoms with E-state index in [0.29, 0.717) is 28.6 Å². The third-order valence-electron chi connectivity index (χ3n) is 4.41. The van der Waals surface area contributed by atoms with E-state index < -0.39 is 0 Å². The summed E-state index contributed by atoms with van der Waals surface area (Å²) in [6.45, 7) is 0. The van der Waals surface area contributed by atoms with Gasteiger partial charge in [0.15, 0.2) is 5.78 Å². The second-order valence-electron chi connectivity index (χ2n) is 6.04. The lowest BCUT2D eigenvalue weighted by molar-refractivity contribution is 0.104. The van der Waals surface area contributed by atoms with Gasteiger partial charge in [-0.1, -0.05) is 6.07 Å². The molecule has 5 nitrogen and oxygen atoms in total. The van der Waals surface area contributed by atoms with E-state index in [1.54, 1.807) is 43.8 Å². The topological polar surface area (TPSA) is 54.0 Å². The van der Waals surface area contributed by atoms with Crippen molar-refractivity contribution < 1.29 is 23.7 Å². The first-order chi connectivity index (χ1) is 14.1. The van der Waals surface area contributed by atoms with Gasteiger partial charge in [-0.05, 0) is 47.4 Å². The summed E-state index contributed by atoms with van der Waals surface area (Å²) >= 11 is 1.66. The summed E-state index contributed by atoms with van der Waals surface area (Å²) in [5, 5.41) is 2.03. The zero-order chi connectivity index (χ0) is 20.8. The fourth-order valence-corrected chi connectivity index (χ4v) is 3.68. The molecule has 0 spiro atoms. The number of hydrogen-bond acceptors (Lipinski definition) is 6. The molecule has 0 aliphatic carbocycles. The monoisotopic (exact) mass is 410 g/mol. The number of benzene rings is 2. The number of carbonyl (C=O) groups is 1. The van der Waals surface area contributed by atoms with Crippen LogP contribution in [0.5, 0.6) is 23.0 Å². The molecule has 1 heterocycles. The van der Waals surface area contributed by atoms with Crippen molar-refractivity contribution in [1.82, 2.24) is 0 Å². The van der Waals surface area contributed by atoms with Gasteiger partial charge in [-0.2, -0.15) is 0 Å². The smallest absolute Gasteiger partial charge is 0.193 e. The molecule has 2 aromatic carbocycles. The Labute approximate surface area is 174 Å². The van der Waals surface area contributed by atoms with Crippen LogP contribution in [0.15, 0.2) is 53.9 Å². The average molecular weight is 410 g/mol. The van der Waals surface area contributed by atoms with Crippen LogP contribution in [0.2, 0.25) is 0 Å². The zero-order valence-corrected chi connectivity index (χ0v) is 17.5. The molecule has 0 saturated heterocycles. The normalized spacial score (nSPS) is 10.8. The van der Waals surface area contributed by atoms with Crippen molar-refractivity contribution in [3.63, 3.8) is 0 Å². The molecule has 0 aliphatic heterocycles. The minimum absolute atomic E-state index is 0.245. The molecule has 29 heavy (non-hydrogen) atoms. The van der Waals surface area contributed by atoms with Crippen LogP contribution < -0.4 is 18.9 Å². The lowest BCUT2D eigenvalue weighted by Crippen LogP contribution is -2.03. The summed E-state index contributed by atoms with van der Waals surface area (Å²) in [5.74, 6) is 1.75. The second-order valence-corrected chi connectivity index (χ2v) is 6.99. The molecule has 3 aromatic rings. The lowest BCUT2D eigenvalue weighted by atomic mass is 10.0. The lowest BCUT2D eigenvalue weighted by Gasteiger charge is -2.13. The van der Waals surface area contributed by atoms with Gasteiger partial charge < -0.3 is 18.9 Å². The Kier molecular flexibility index (Phi) is 6.57. The Morgan fingerprint density at radius 1 is 0.862 bits per heavy atom. The van der Waals surface area contributed by atoms with Crippen molar-refractivity contribution in [3.05, 3.63) is 65.0 Å². The van der Waals surface area contributed by atoms with Crippen LogP contribution in [0.25, 0.3) is 16.5 Å². The summed E-state index contributed by atoms with van der Waals surface area (Å²) < 4.78 is 21.4. The highest BCUT2D eigenvalue weighted by molar-refractivity contribution is 7.13. The Morgan fingerprint density at radius 3 is 2.10 bits per heavy atom. The first kappa shape index (κ1) is 20.5. The van der Waals surface area contributed by atoms with Gasteiger partial charge >= 0.3 is 0 Å². The molecule has 0 bridgehead atoms. The molecule has 0 unspecified atom stereocenters. The van der Waals surface area contributed by atoms with E-state index in [-0.39, 0.29) is 5.78 Å². The highest BCUT2D eigenvalue weighted by atomic mass is 32.1. The summed E-state index contributed by atoms with van der Waals surface area (Å²) in [5.41, 5.74) is 2.20. The molecular formula is C23H22O5S. The summed E-state index contributed by atoms with van der Waals surface area (Å²) in [6, 6.07) is 13.3. The Hall–Kier alpha value is -3.25. The van der Waals surface area contributed by atoms with Gasteiger partial charge in [0.2, 0.25) is 0 Å². The molecule has 0 aliphatic rings. The van der Waals surface area contributed by atoms with E-state index in [9.17, 15) is 4.79 Å². The fraction of sp³-hybridized carbons (Fsp3) is 0.174. The number of ether oxygens (including phenoxy) is 4. The maximum Gasteiger partial charge on any atom is 0.193 e. The predicted molar refractivity (Wildman–Crippen MR) is 116 cm³/mol. The molecular weight excluding hydrogens is 388 g/mol. The number of ketones is 1. The molecule has 0 fully saturated rings. The Balaban J connectivity index is 1.98. The molecule has 0 N–H and O–H groups in total. The highest BCUT2D eigenvalue weighted by Crippen LogP contribution is 2.35. The van der Waals surface area contributed by atoms with Crippen LogP contribution in [0.4, 0.5) is 0 Å². The largest absolute Gasteiger partial charge is 0.496 e. The van der Waals surface area contributed by atoms with Crippen LogP contribution >= 0.6 is 11.3 Å². The van der Waals surface area contributed by atoms with Crippen molar-refractivity contribution in [2.75, 3.05) is 28.4 Å². The quantitative estimate of drug-likeness (QED) is 0.370. The maximum atomic E-state index is 13.0. The fourth-order valence-electron chi connectivity index (χ4n) is 2.96. The van der Waals surface area contributed by atoms with Crippen LogP contribution in [0.1, 0.15) is 15.9 Å². The van der Waals surface area contributed by atoms with E-state index in [2.05, 4.69) is 6.07 Å². The minimum atomic E-state index is -0.245. The van der Waals surface area contributed by atoms with Crippen molar-refractivity contribution in [2.24, 2.45) is 0 Å². The SMILES string of the molecule is COc1cc(OC)c(C(=O)/C=C/c2cc(-c3cccs3)ccc2OC)c(OC)c1. The Morgan fingerprint density at radius 2 is 1.55 bits per heavy atom. The average Bonchev–Trinajstić information content (AvgIpc) is 3.31. The third-order valence-corrected chi connectivity index (χ3v) is 5.33. The van der Waals surface area contributed by atoms with Gasteiger partial charge in [0.1, 0.15) is 28.6 Å². The highest BCUT2D eigenvalue weighted by Gasteiger charge is 2.18. The van der Waals surface area contributed by atoms with E-state index in [0.717, 1.165) is 16.0 Å². The molecule has 0 atom stereocenters. The van der Waals surface area contributed by atoms with Crippen molar-refractivity contribution in [3.8, 4) is 33.4 Å². The number of rotatable bonds is 8. The van der Waals surface area contributed by atoms with Gasteiger partial charge in [0.25, 0.3) is 0 Å². The summed E-state index contributed by atoms with van der Waals surface area (Å²) in [4.78, 5) is 14.1. The molecule has 6 heteroatoms. The van der Waals surface area contributed by atoms with Gasteiger partial charge in [0, 0.05) is 22.6 Å². The van der Waals surface area contributed by atoms with E-state index >= 15 is 0 Å². The molecule has 150 valence electrons. The van der Waals surface area contributed by atoms with Crippen LogP contribution in [0, 0.1) is 0 Å². The molecule has 0 saturated carbocycles. The van der Waals surface area contributed by atoms with Crippen molar-refractivity contribution >= 4 is 23.2 Å². The number of carbonyl (C=O) groups excluding carboxylic acids is 1. The third kappa shape index (κ3) is 4.43. The number of allylic oxidation sites excluding steroid dienone is 1. The van der Waals surface area contributed by atoms with Crippen molar-refractivity contribution in [1.29, 1.82) is 0 Å². The van der Waals surface area contributed by atoms with Crippen LogP contribution in [0.3, 0.4) is 0 Å². The zero-order valence-electron chi connectivity index (χ0n) is 16.7. The standard InChI is InChI=1S/C23H22O5S/c1-25-17-13-20(27-3)23(21(14-17)28-4)18(24)9-7-15-12-16(8-10-19(15)26-2)22-6-5-11-29-22/h5-14H,1-4H3/b9-7+. The molecule has 3 rings (SSSR count). The van der Waals surface area contributed by atoms with E-state index in [1.165, 1.54) is 20.3 Å². The minimum Gasteiger partial charge on any atom is -0.496 e. The van der Waals surface area contributed by atoms with Gasteiger partial charge in [-0.25, -0.2) is 0 Å².